The first-order valence-electron chi connectivity index (χ1n) is 9.03. The molecule has 0 saturated carbocycles. The summed E-state index contributed by atoms with van der Waals surface area (Å²) in [5, 5.41) is 10.4. The number of H-pyrrole nitrogens is 1. The maximum absolute atomic E-state index is 5.98. The van der Waals surface area contributed by atoms with Crippen molar-refractivity contribution in [2.24, 2.45) is 10.7 Å². The van der Waals surface area contributed by atoms with E-state index in [9.17, 15) is 0 Å². The van der Waals surface area contributed by atoms with E-state index in [1.54, 1.807) is 7.11 Å². The number of halogens is 1. The minimum absolute atomic E-state index is 0. The fraction of sp³-hybridized carbons (Fsp3) is 0.500. The first-order valence-corrected chi connectivity index (χ1v) is 9.03. The Labute approximate surface area is 177 Å². The molecule has 1 aliphatic heterocycles. The molecular formula is C18H28IN7O. The van der Waals surface area contributed by atoms with Gasteiger partial charge in [-0.3, -0.25) is 10.00 Å². The van der Waals surface area contributed by atoms with Crippen LogP contribution in [0.4, 0.5) is 0 Å². The zero-order chi connectivity index (χ0) is 18.4. The van der Waals surface area contributed by atoms with Gasteiger partial charge in [-0.15, -0.1) is 24.0 Å². The topological polar surface area (TPSA) is 104 Å². The molecule has 8 nitrogen and oxygen atoms in total. The van der Waals surface area contributed by atoms with E-state index in [0.29, 0.717) is 30.2 Å². The highest BCUT2D eigenvalue weighted by atomic mass is 127. The van der Waals surface area contributed by atoms with Gasteiger partial charge < -0.3 is 15.8 Å². The minimum Gasteiger partial charge on any atom is -0.497 e. The first kappa shape index (κ1) is 21.4. The fourth-order valence-electron chi connectivity index (χ4n) is 3.22. The Morgan fingerprint density at radius 3 is 2.89 bits per heavy atom. The third-order valence-corrected chi connectivity index (χ3v) is 4.70. The van der Waals surface area contributed by atoms with Crippen molar-refractivity contribution in [2.45, 2.75) is 32.4 Å². The van der Waals surface area contributed by atoms with Crippen LogP contribution in [0.5, 0.6) is 5.75 Å². The quantitative estimate of drug-likeness (QED) is 0.315. The van der Waals surface area contributed by atoms with E-state index in [1.807, 2.05) is 24.3 Å². The summed E-state index contributed by atoms with van der Waals surface area (Å²) in [5.41, 5.74) is 6.90. The number of nitrogens with one attached hydrogen (secondary N) is 2. The molecule has 4 N–H and O–H groups in total. The van der Waals surface area contributed by atoms with Gasteiger partial charge in [-0.1, -0.05) is 6.92 Å². The van der Waals surface area contributed by atoms with E-state index in [0.717, 1.165) is 24.4 Å². The average Bonchev–Trinajstić information content (AvgIpc) is 3.33. The van der Waals surface area contributed by atoms with Gasteiger partial charge >= 0.3 is 0 Å². The zero-order valence-electron chi connectivity index (χ0n) is 15.8. The normalized spacial score (nSPS) is 17.6. The number of likely N-dealkylation sites (N-methyl/N-ethyl adjacent to an activating group) is 1. The van der Waals surface area contributed by atoms with Crippen LogP contribution in [0, 0.1) is 0 Å². The molecule has 1 aromatic carbocycles. The Balaban J connectivity index is 0.00000261. The van der Waals surface area contributed by atoms with Crippen LogP contribution >= 0.6 is 24.0 Å². The number of likely N-dealkylation sites (tertiary alicyclic amines) is 1. The number of aromatic amines is 1. The third-order valence-electron chi connectivity index (χ3n) is 4.70. The summed E-state index contributed by atoms with van der Waals surface area (Å²) in [4.78, 5) is 11.3. The van der Waals surface area contributed by atoms with Crippen molar-refractivity contribution in [1.82, 2.24) is 25.4 Å². The molecule has 0 radical (unpaired) electrons. The number of rotatable bonds is 7. The van der Waals surface area contributed by atoms with E-state index in [1.165, 1.54) is 19.4 Å². The number of guanidine groups is 1. The van der Waals surface area contributed by atoms with Gasteiger partial charge in [0.25, 0.3) is 0 Å². The lowest BCUT2D eigenvalue weighted by molar-refractivity contribution is 0.267. The second-order valence-electron chi connectivity index (χ2n) is 6.34. The maximum Gasteiger partial charge on any atom is 0.189 e. The molecule has 0 amide bonds. The van der Waals surface area contributed by atoms with Crippen LogP contribution in [0.25, 0.3) is 11.4 Å². The number of nitrogens with two attached hydrogens (primary N) is 1. The number of hydrogen-bond acceptors (Lipinski definition) is 5. The van der Waals surface area contributed by atoms with Gasteiger partial charge in [0.2, 0.25) is 0 Å². The van der Waals surface area contributed by atoms with Gasteiger partial charge in [0, 0.05) is 18.2 Å². The number of ether oxygens (including phenoxy) is 1. The van der Waals surface area contributed by atoms with Gasteiger partial charge in [-0.05, 0) is 50.2 Å². The van der Waals surface area contributed by atoms with E-state index < -0.39 is 0 Å². The molecule has 1 fully saturated rings. The molecule has 9 heteroatoms. The van der Waals surface area contributed by atoms with Crippen molar-refractivity contribution >= 4 is 29.9 Å². The highest BCUT2D eigenvalue weighted by molar-refractivity contribution is 14.0. The lowest BCUT2D eigenvalue weighted by Crippen LogP contribution is -2.42. The van der Waals surface area contributed by atoms with Crippen LogP contribution in [0.1, 0.15) is 25.6 Å². The largest absolute Gasteiger partial charge is 0.497 e. The van der Waals surface area contributed by atoms with E-state index in [2.05, 4.69) is 37.3 Å². The number of nitrogens with zero attached hydrogens (tertiary/aromatic N) is 4. The Bertz CT molecular complexity index is 732. The third kappa shape index (κ3) is 5.80. The van der Waals surface area contributed by atoms with E-state index in [4.69, 9.17) is 10.5 Å². The Kier molecular flexibility index (Phi) is 8.29. The van der Waals surface area contributed by atoms with Crippen LogP contribution in [-0.4, -0.2) is 58.8 Å². The Morgan fingerprint density at radius 2 is 2.19 bits per heavy atom. The molecule has 27 heavy (non-hydrogen) atoms. The Morgan fingerprint density at radius 1 is 1.41 bits per heavy atom. The van der Waals surface area contributed by atoms with Crippen LogP contribution in [0.3, 0.4) is 0 Å². The molecule has 2 aromatic rings. The molecule has 0 aliphatic carbocycles. The van der Waals surface area contributed by atoms with E-state index >= 15 is 0 Å². The zero-order valence-corrected chi connectivity index (χ0v) is 18.1. The lowest BCUT2D eigenvalue weighted by Gasteiger charge is -2.23. The van der Waals surface area contributed by atoms with Crippen LogP contribution in [0.15, 0.2) is 29.3 Å². The molecular weight excluding hydrogens is 457 g/mol. The SMILES string of the molecule is CCN1CCCC1CNC(N)=NCc1nc(-c2ccc(OC)cc2)n[nH]1.I. The van der Waals surface area contributed by atoms with E-state index in [-0.39, 0.29) is 24.0 Å². The van der Waals surface area contributed by atoms with Gasteiger partial charge in [0.15, 0.2) is 11.8 Å². The molecule has 0 bridgehead atoms. The highest BCUT2D eigenvalue weighted by Crippen LogP contribution is 2.19. The van der Waals surface area contributed by atoms with Crippen molar-refractivity contribution in [3.63, 3.8) is 0 Å². The van der Waals surface area contributed by atoms with Gasteiger partial charge in [0.1, 0.15) is 18.1 Å². The fourth-order valence-corrected chi connectivity index (χ4v) is 3.22. The van der Waals surface area contributed by atoms with Crippen LogP contribution in [-0.2, 0) is 6.54 Å². The molecule has 2 heterocycles. The number of aliphatic imine (C=N–C) groups is 1. The lowest BCUT2D eigenvalue weighted by atomic mass is 10.2. The predicted octanol–water partition coefficient (Wildman–Crippen LogP) is 1.99. The van der Waals surface area contributed by atoms with Crippen LogP contribution in [0.2, 0.25) is 0 Å². The number of methoxy groups -OCH3 is 1. The Hall–Kier alpha value is -1.88. The van der Waals surface area contributed by atoms with Crippen molar-refractivity contribution in [1.29, 1.82) is 0 Å². The van der Waals surface area contributed by atoms with Crippen molar-refractivity contribution < 1.29 is 4.74 Å². The standard InChI is InChI=1S/C18H27N7O.HI/c1-3-25-10-4-5-14(25)11-20-18(19)21-12-16-22-17(24-23-16)13-6-8-15(26-2)9-7-13;/h6-9,14H,3-5,10-12H2,1-2H3,(H3,19,20,21)(H,22,23,24);1H. The highest BCUT2D eigenvalue weighted by Gasteiger charge is 2.22. The van der Waals surface area contributed by atoms with Crippen LogP contribution < -0.4 is 15.8 Å². The number of hydrogen-bond donors (Lipinski definition) is 3. The minimum atomic E-state index is 0. The van der Waals surface area contributed by atoms with Gasteiger partial charge in [-0.2, -0.15) is 5.10 Å². The monoisotopic (exact) mass is 485 g/mol. The average molecular weight is 485 g/mol. The number of benzene rings is 1. The summed E-state index contributed by atoms with van der Waals surface area (Å²) >= 11 is 0. The molecule has 1 atom stereocenters. The van der Waals surface area contributed by atoms with Crippen molar-refractivity contribution in [3.05, 3.63) is 30.1 Å². The smallest absolute Gasteiger partial charge is 0.189 e. The molecule has 1 aromatic heterocycles. The summed E-state index contributed by atoms with van der Waals surface area (Å²) in [6.07, 6.45) is 2.46. The molecule has 1 unspecified atom stereocenters. The van der Waals surface area contributed by atoms with Crippen molar-refractivity contribution in [2.75, 3.05) is 26.7 Å². The number of aromatic nitrogens is 3. The first-order chi connectivity index (χ1) is 12.7. The second-order valence-corrected chi connectivity index (χ2v) is 6.34. The van der Waals surface area contributed by atoms with Crippen molar-refractivity contribution in [3.8, 4) is 17.1 Å². The van der Waals surface area contributed by atoms with Gasteiger partial charge in [0.05, 0.1) is 7.11 Å². The molecule has 148 valence electrons. The summed E-state index contributed by atoms with van der Waals surface area (Å²) in [5.74, 6) is 2.55. The van der Waals surface area contributed by atoms with Gasteiger partial charge in [-0.25, -0.2) is 9.98 Å². The predicted molar refractivity (Wildman–Crippen MR) is 117 cm³/mol. The summed E-state index contributed by atoms with van der Waals surface area (Å²) < 4.78 is 5.16. The summed E-state index contributed by atoms with van der Waals surface area (Å²) in [7, 11) is 1.64. The summed E-state index contributed by atoms with van der Waals surface area (Å²) in [6, 6.07) is 8.15. The second kappa shape index (κ2) is 10.5. The molecule has 1 saturated heterocycles. The molecule has 1 aliphatic rings. The molecule has 3 rings (SSSR count). The molecule has 0 spiro atoms. The maximum atomic E-state index is 5.98. The summed E-state index contributed by atoms with van der Waals surface area (Å²) in [6.45, 7) is 5.64.